The van der Waals surface area contributed by atoms with Crippen molar-refractivity contribution in [1.29, 1.82) is 0 Å². The predicted octanol–water partition coefficient (Wildman–Crippen LogP) is 4.78. The Morgan fingerprint density at radius 1 is 1.00 bits per heavy atom. The molecular weight excluding hydrogens is 475 g/mol. The van der Waals surface area contributed by atoms with Crippen LogP contribution in [0.2, 0.25) is 0 Å². The number of aromatic nitrogens is 3. The molecule has 0 spiro atoms. The highest BCUT2D eigenvalue weighted by atomic mass is 19.4. The van der Waals surface area contributed by atoms with Crippen LogP contribution in [0.25, 0.3) is 5.82 Å². The molecule has 0 radical (unpaired) electrons. The number of hydrogen-bond donors (Lipinski definition) is 1. The lowest BCUT2D eigenvalue weighted by Crippen LogP contribution is -2.40. The molecule has 0 saturated heterocycles. The maximum Gasteiger partial charge on any atom is 0.417 e. The molecule has 1 aliphatic heterocycles. The van der Waals surface area contributed by atoms with E-state index in [1.54, 1.807) is 13.0 Å². The van der Waals surface area contributed by atoms with Gasteiger partial charge in [0.15, 0.2) is 5.82 Å². The zero-order chi connectivity index (χ0) is 25.6. The first-order valence-electron chi connectivity index (χ1n) is 11.6. The van der Waals surface area contributed by atoms with Crippen molar-refractivity contribution in [2.24, 2.45) is 0 Å². The molecule has 0 atom stereocenters. The Morgan fingerprint density at radius 3 is 2.39 bits per heavy atom. The number of fused-ring (bicyclic) bond motifs is 1. The average Bonchev–Trinajstić information content (AvgIpc) is 3.35. The van der Waals surface area contributed by atoms with Crippen LogP contribution in [0.5, 0.6) is 0 Å². The van der Waals surface area contributed by atoms with Crippen molar-refractivity contribution in [3.05, 3.63) is 70.5 Å². The molecule has 5 rings (SSSR count). The molecule has 1 N–H and O–H groups in total. The van der Waals surface area contributed by atoms with E-state index in [0.717, 1.165) is 44.2 Å². The van der Waals surface area contributed by atoms with Crippen LogP contribution < -0.4 is 5.32 Å². The van der Waals surface area contributed by atoms with Crippen molar-refractivity contribution >= 4 is 23.5 Å². The normalized spacial score (nSPS) is 16.4. The number of nitrogens with one attached hydrogen (secondary N) is 1. The average molecular weight is 497 g/mol. The highest BCUT2D eigenvalue weighted by Crippen LogP contribution is 2.32. The fraction of sp³-hybridized carbons (Fsp3) is 0.320. The molecule has 8 nitrogen and oxygen atoms in total. The van der Waals surface area contributed by atoms with E-state index in [9.17, 15) is 27.6 Å². The SMILES string of the molecule is Cc1cc(NC(=O)c2ccc3c(c2)C(=O)N(C2CCCCC2)C3=O)n(-c2ccc(C(F)(F)F)cn2)n1. The van der Waals surface area contributed by atoms with E-state index < -0.39 is 23.6 Å². The standard InChI is InChI=1S/C25H22F3N5O3/c1-14-11-21(33(31-14)20-10-8-16(13-29-20)25(26,27)28)30-22(34)15-7-9-18-19(12-15)24(36)32(23(18)35)17-5-3-2-4-6-17/h7-13,17H,2-6H2,1H3,(H,30,34). The summed E-state index contributed by atoms with van der Waals surface area (Å²) >= 11 is 0. The molecule has 2 aromatic heterocycles. The van der Waals surface area contributed by atoms with Gasteiger partial charge in [-0.05, 0) is 50.1 Å². The molecule has 1 saturated carbocycles. The van der Waals surface area contributed by atoms with Crippen LogP contribution in [-0.4, -0.2) is 43.4 Å². The molecule has 3 heterocycles. The van der Waals surface area contributed by atoms with Gasteiger partial charge in [0.1, 0.15) is 5.82 Å². The van der Waals surface area contributed by atoms with Crippen molar-refractivity contribution in [2.75, 3.05) is 5.32 Å². The van der Waals surface area contributed by atoms with Crippen LogP contribution in [0.1, 0.15) is 74.4 Å². The van der Waals surface area contributed by atoms with Gasteiger partial charge in [-0.15, -0.1) is 0 Å². The smallest absolute Gasteiger partial charge is 0.306 e. The number of carbonyl (C=O) groups is 3. The topological polar surface area (TPSA) is 97.2 Å². The zero-order valence-electron chi connectivity index (χ0n) is 19.3. The van der Waals surface area contributed by atoms with Crippen LogP contribution in [-0.2, 0) is 6.18 Å². The lowest BCUT2D eigenvalue weighted by atomic mass is 9.94. The number of hydrogen-bond acceptors (Lipinski definition) is 5. The first-order valence-corrected chi connectivity index (χ1v) is 11.6. The van der Waals surface area contributed by atoms with Crippen molar-refractivity contribution in [3.8, 4) is 5.82 Å². The molecule has 0 unspecified atom stereocenters. The third-order valence-corrected chi connectivity index (χ3v) is 6.49. The molecule has 186 valence electrons. The number of aryl methyl sites for hydroxylation is 1. The van der Waals surface area contributed by atoms with E-state index >= 15 is 0 Å². The number of alkyl halides is 3. The summed E-state index contributed by atoms with van der Waals surface area (Å²) in [6.45, 7) is 1.66. The van der Waals surface area contributed by atoms with E-state index in [1.807, 2.05) is 0 Å². The summed E-state index contributed by atoms with van der Waals surface area (Å²) < 4.78 is 39.8. The van der Waals surface area contributed by atoms with Gasteiger partial charge < -0.3 is 5.32 Å². The van der Waals surface area contributed by atoms with Crippen LogP contribution in [0, 0.1) is 6.92 Å². The first kappa shape index (κ1) is 23.7. The Labute approximate surface area is 204 Å². The third kappa shape index (κ3) is 4.25. The van der Waals surface area contributed by atoms with Crippen LogP contribution in [0.3, 0.4) is 0 Å². The number of rotatable bonds is 4. The molecule has 1 aliphatic carbocycles. The number of amides is 3. The Balaban J connectivity index is 1.38. The predicted molar refractivity (Wildman–Crippen MR) is 123 cm³/mol. The summed E-state index contributed by atoms with van der Waals surface area (Å²) in [4.78, 5) is 44.1. The van der Waals surface area contributed by atoms with Crippen LogP contribution in [0.15, 0.2) is 42.6 Å². The quantitative estimate of drug-likeness (QED) is 0.524. The molecule has 0 bridgehead atoms. The number of nitrogens with zero attached hydrogens (tertiary/aromatic N) is 4. The largest absolute Gasteiger partial charge is 0.417 e. The summed E-state index contributed by atoms with van der Waals surface area (Å²) in [5.74, 6) is -1.02. The minimum absolute atomic E-state index is 0.0873. The zero-order valence-corrected chi connectivity index (χ0v) is 19.3. The van der Waals surface area contributed by atoms with Gasteiger partial charge in [-0.1, -0.05) is 19.3 Å². The number of imide groups is 1. The number of pyridine rings is 1. The molecule has 3 aromatic rings. The third-order valence-electron chi connectivity index (χ3n) is 6.49. The highest BCUT2D eigenvalue weighted by Gasteiger charge is 2.40. The highest BCUT2D eigenvalue weighted by molar-refractivity contribution is 6.22. The first-order chi connectivity index (χ1) is 17.1. The molecule has 36 heavy (non-hydrogen) atoms. The molecular formula is C25H22F3N5O3. The molecule has 11 heteroatoms. The molecule has 2 aliphatic rings. The van der Waals surface area contributed by atoms with Gasteiger partial charge in [0.05, 0.1) is 22.4 Å². The maximum atomic E-state index is 13.1. The Bertz CT molecular complexity index is 1360. The van der Waals surface area contributed by atoms with Gasteiger partial charge in [0.2, 0.25) is 0 Å². The Hall–Kier alpha value is -4.02. The second-order valence-corrected chi connectivity index (χ2v) is 8.97. The van der Waals surface area contributed by atoms with Crippen molar-refractivity contribution in [2.45, 2.75) is 51.2 Å². The van der Waals surface area contributed by atoms with Crippen LogP contribution >= 0.6 is 0 Å². The van der Waals surface area contributed by atoms with Gasteiger partial charge in [0, 0.05) is 23.9 Å². The van der Waals surface area contributed by atoms with E-state index in [4.69, 9.17) is 0 Å². The van der Waals surface area contributed by atoms with Crippen LogP contribution in [0.4, 0.5) is 19.0 Å². The summed E-state index contributed by atoms with van der Waals surface area (Å²) in [6, 6.07) is 7.80. The number of anilines is 1. The van der Waals surface area contributed by atoms with Gasteiger partial charge in [-0.2, -0.15) is 23.0 Å². The van der Waals surface area contributed by atoms with Crippen molar-refractivity contribution < 1.29 is 27.6 Å². The minimum atomic E-state index is -4.53. The van der Waals surface area contributed by atoms with E-state index in [2.05, 4.69) is 15.4 Å². The number of carbonyl (C=O) groups excluding carboxylic acids is 3. The van der Waals surface area contributed by atoms with Gasteiger partial charge in [0.25, 0.3) is 17.7 Å². The van der Waals surface area contributed by atoms with E-state index in [1.165, 1.54) is 27.8 Å². The maximum absolute atomic E-state index is 13.1. The molecule has 1 fully saturated rings. The lowest BCUT2D eigenvalue weighted by molar-refractivity contribution is -0.137. The van der Waals surface area contributed by atoms with Crippen molar-refractivity contribution in [3.63, 3.8) is 0 Å². The van der Waals surface area contributed by atoms with E-state index in [0.29, 0.717) is 11.9 Å². The minimum Gasteiger partial charge on any atom is -0.306 e. The lowest BCUT2D eigenvalue weighted by Gasteiger charge is -2.29. The second kappa shape index (κ2) is 8.89. The monoisotopic (exact) mass is 497 g/mol. The summed E-state index contributed by atoms with van der Waals surface area (Å²) in [6.07, 6.45) is 0.738. The van der Waals surface area contributed by atoms with Gasteiger partial charge in [-0.3, -0.25) is 19.3 Å². The van der Waals surface area contributed by atoms with Gasteiger partial charge >= 0.3 is 6.18 Å². The molecule has 1 aromatic carbocycles. The second-order valence-electron chi connectivity index (χ2n) is 8.97. The fourth-order valence-electron chi connectivity index (χ4n) is 4.70. The molecule has 3 amide bonds. The fourth-order valence-corrected chi connectivity index (χ4v) is 4.70. The number of benzene rings is 1. The Kier molecular flexibility index (Phi) is 5.85. The Morgan fingerprint density at radius 2 is 1.72 bits per heavy atom. The summed E-state index contributed by atoms with van der Waals surface area (Å²) in [5, 5.41) is 6.89. The van der Waals surface area contributed by atoms with E-state index in [-0.39, 0.29) is 40.3 Å². The van der Waals surface area contributed by atoms with Crippen molar-refractivity contribution in [1.82, 2.24) is 19.7 Å². The number of halogens is 3. The summed E-state index contributed by atoms with van der Waals surface area (Å²) in [5.41, 5.74) is 0.223. The van der Waals surface area contributed by atoms with Gasteiger partial charge in [-0.25, -0.2) is 4.98 Å². The summed E-state index contributed by atoms with van der Waals surface area (Å²) in [7, 11) is 0.